The first-order chi connectivity index (χ1) is 9.30. The molecule has 0 spiro atoms. The second-order valence-corrected chi connectivity index (χ2v) is 7.38. The lowest BCUT2D eigenvalue weighted by atomic mass is 10.1. The van der Waals surface area contributed by atoms with Crippen LogP contribution in [-0.4, -0.2) is 24.1 Å². The number of rotatable bonds is 8. The number of nitrogens with zero attached hydrogens (tertiary/aromatic N) is 1. The van der Waals surface area contributed by atoms with Crippen LogP contribution in [0.3, 0.4) is 0 Å². The van der Waals surface area contributed by atoms with Crippen LogP contribution >= 0.6 is 0 Å². The van der Waals surface area contributed by atoms with Gasteiger partial charge in [-0.15, -0.1) is 0 Å². The zero-order valence-corrected chi connectivity index (χ0v) is 13.6. The first-order valence-electron chi connectivity index (χ1n) is 7.12. The highest BCUT2D eigenvalue weighted by atomic mass is 32.2. The Bertz CT molecular complexity index is 521. The van der Waals surface area contributed by atoms with Crippen molar-refractivity contribution in [1.82, 2.24) is 9.29 Å². The number of hydrogen-bond acceptors (Lipinski definition) is 3. The van der Waals surface area contributed by atoms with Crippen molar-refractivity contribution >= 4 is 10.0 Å². The van der Waals surface area contributed by atoms with Crippen LogP contribution in [0.15, 0.2) is 17.2 Å². The minimum atomic E-state index is -3.52. The maximum atomic E-state index is 12.3. The number of sulfonamides is 1. The molecule has 0 amide bonds. The van der Waals surface area contributed by atoms with E-state index in [1.54, 1.807) is 16.8 Å². The maximum absolute atomic E-state index is 12.3. The molecule has 1 unspecified atom stereocenters. The van der Waals surface area contributed by atoms with E-state index in [9.17, 15) is 13.5 Å². The van der Waals surface area contributed by atoms with Crippen molar-refractivity contribution in [3.05, 3.63) is 18.0 Å². The van der Waals surface area contributed by atoms with Gasteiger partial charge in [0, 0.05) is 24.5 Å². The fraction of sp³-hybridized carbons (Fsp3) is 0.714. The maximum Gasteiger partial charge on any atom is 0.242 e. The van der Waals surface area contributed by atoms with Gasteiger partial charge >= 0.3 is 0 Å². The molecule has 116 valence electrons. The Kier molecular flexibility index (Phi) is 6.23. The van der Waals surface area contributed by atoms with Crippen molar-refractivity contribution in [1.29, 1.82) is 0 Å². The van der Waals surface area contributed by atoms with Crippen LogP contribution in [0, 0.1) is 5.92 Å². The van der Waals surface area contributed by atoms with E-state index in [1.165, 1.54) is 0 Å². The lowest BCUT2D eigenvalue weighted by Crippen LogP contribution is -2.33. The Morgan fingerprint density at radius 1 is 1.35 bits per heavy atom. The van der Waals surface area contributed by atoms with Gasteiger partial charge < -0.3 is 9.67 Å². The predicted molar refractivity (Wildman–Crippen MR) is 79.9 cm³/mol. The summed E-state index contributed by atoms with van der Waals surface area (Å²) in [6.07, 6.45) is 3.28. The highest BCUT2D eigenvalue weighted by molar-refractivity contribution is 7.89. The van der Waals surface area contributed by atoms with E-state index in [-0.39, 0.29) is 17.5 Å². The van der Waals surface area contributed by atoms with Crippen molar-refractivity contribution in [2.45, 2.75) is 64.6 Å². The molecule has 0 fully saturated rings. The van der Waals surface area contributed by atoms with Gasteiger partial charge in [-0.2, -0.15) is 0 Å². The summed E-state index contributed by atoms with van der Waals surface area (Å²) in [4.78, 5) is 0.227. The van der Waals surface area contributed by atoms with Crippen LogP contribution in [0.25, 0.3) is 0 Å². The second kappa shape index (κ2) is 7.24. The standard InChI is InChI=1S/C14H26N2O3S/c1-5-6-16-9-14(8-13(16)10-17)20(18,19)15-12(4)7-11(2)3/h8-9,11-12,15,17H,5-7,10H2,1-4H3. The van der Waals surface area contributed by atoms with Gasteiger partial charge in [-0.25, -0.2) is 13.1 Å². The van der Waals surface area contributed by atoms with Crippen LogP contribution in [0.4, 0.5) is 0 Å². The number of aromatic nitrogens is 1. The minimum absolute atomic E-state index is 0.105. The third kappa shape index (κ3) is 4.61. The van der Waals surface area contributed by atoms with E-state index in [0.29, 0.717) is 18.2 Å². The van der Waals surface area contributed by atoms with Crippen molar-refractivity contribution in [3.8, 4) is 0 Å². The Labute approximate surface area is 122 Å². The molecular weight excluding hydrogens is 276 g/mol. The quantitative estimate of drug-likeness (QED) is 0.772. The Hall–Kier alpha value is -0.850. The molecule has 0 aliphatic heterocycles. The van der Waals surface area contributed by atoms with E-state index in [1.807, 2.05) is 13.8 Å². The average molecular weight is 302 g/mol. The van der Waals surface area contributed by atoms with E-state index >= 15 is 0 Å². The number of aliphatic hydroxyl groups excluding tert-OH is 1. The minimum Gasteiger partial charge on any atom is -0.390 e. The molecule has 1 aromatic heterocycles. The van der Waals surface area contributed by atoms with Gasteiger partial charge in [-0.1, -0.05) is 20.8 Å². The van der Waals surface area contributed by atoms with Crippen molar-refractivity contribution in [2.75, 3.05) is 0 Å². The predicted octanol–water partition coefficient (Wildman–Crippen LogP) is 2.10. The molecule has 2 N–H and O–H groups in total. The van der Waals surface area contributed by atoms with Crippen LogP contribution in [0.5, 0.6) is 0 Å². The van der Waals surface area contributed by atoms with Crippen molar-refractivity contribution in [3.63, 3.8) is 0 Å². The Morgan fingerprint density at radius 3 is 2.50 bits per heavy atom. The lowest BCUT2D eigenvalue weighted by Gasteiger charge is -2.15. The van der Waals surface area contributed by atoms with Crippen LogP contribution < -0.4 is 4.72 Å². The molecule has 1 atom stereocenters. The van der Waals surface area contributed by atoms with E-state index < -0.39 is 10.0 Å². The summed E-state index contributed by atoms with van der Waals surface area (Å²) in [5.74, 6) is 0.436. The van der Waals surface area contributed by atoms with Gasteiger partial charge in [0.1, 0.15) is 0 Å². The van der Waals surface area contributed by atoms with Crippen LogP contribution in [0.1, 0.15) is 46.2 Å². The highest BCUT2D eigenvalue weighted by Gasteiger charge is 2.20. The molecule has 0 radical (unpaired) electrons. The third-order valence-electron chi connectivity index (χ3n) is 3.08. The molecule has 0 aliphatic rings. The molecule has 0 aromatic carbocycles. The van der Waals surface area contributed by atoms with Gasteiger partial charge in [0.15, 0.2) is 0 Å². The topological polar surface area (TPSA) is 71.3 Å². The molecule has 5 nitrogen and oxygen atoms in total. The number of nitrogens with one attached hydrogen (secondary N) is 1. The molecular formula is C14H26N2O3S. The first kappa shape index (κ1) is 17.2. The normalized spacial score (nSPS) is 13.9. The number of hydrogen-bond donors (Lipinski definition) is 2. The van der Waals surface area contributed by atoms with Crippen LogP contribution in [0.2, 0.25) is 0 Å². The molecule has 0 aliphatic carbocycles. The monoisotopic (exact) mass is 302 g/mol. The summed E-state index contributed by atoms with van der Waals surface area (Å²) in [6, 6.07) is 1.44. The molecule has 1 aromatic rings. The summed E-state index contributed by atoms with van der Waals surface area (Å²) < 4.78 is 29.1. The summed E-state index contributed by atoms with van der Waals surface area (Å²) in [5, 5.41) is 9.29. The third-order valence-corrected chi connectivity index (χ3v) is 4.64. The van der Waals surface area contributed by atoms with Gasteiger partial charge in [0.2, 0.25) is 10.0 Å². The smallest absolute Gasteiger partial charge is 0.242 e. The van der Waals surface area contributed by atoms with Crippen molar-refractivity contribution in [2.24, 2.45) is 5.92 Å². The van der Waals surface area contributed by atoms with Gasteiger partial charge in [0.25, 0.3) is 0 Å². The second-order valence-electron chi connectivity index (χ2n) is 5.67. The van der Waals surface area contributed by atoms with E-state index in [2.05, 4.69) is 18.6 Å². The summed E-state index contributed by atoms with van der Waals surface area (Å²) in [6.45, 7) is 8.55. The molecule has 20 heavy (non-hydrogen) atoms. The Balaban J connectivity index is 2.92. The van der Waals surface area contributed by atoms with Gasteiger partial charge in [-0.05, 0) is 31.7 Å². The SMILES string of the molecule is CCCn1cc(S(=O)(=O)NC(C)CC(C)C)cc1CO. The summed E-state index contributed by atoms with van der Waals surface area (Å²) in [5.41, 5.74) is 0.628. The fourth-order valence-corrected chi connectivity index (χ4v) is 3.66. The number of aliphatic hydroxyl groups is 1. The van der Waals surface area contributed by atoms with Crippen LogP contribution in [-0.2, 0) is 23.2 Å². The van der Waals surface area contributed by atoms with E-state index in [4.69, 9.17) is 0 Å². The Morgan fingerprint density at radius 2 is 2.00 bits per heavy atom. The molecule has 1 heterocycles. The van der Waals surface area contributed by atoms with E-state index in [0.717, 1.165) is 12.8 Å². The summed E-state index contributed by atoms with van der Waals surface area (Å²) in [7, 11) is -3.52. The highest BCUT2D eigenvalue weighted by Crippen LogP contribution is 2.16. The van der Waals surface area contributed by atoms with Gasteiger partial charge in [0.05, 0.1) is 11.5 Å². The zero-order valence-electron chi connectivity index (χ0n) is 12.8. The first-order valence-corrected chi connectivity index (χ1v) is 8.60. The molecule has 1 rings (SSSR count). The zero-order chi connectivity index (χ0) is 15.3. The lowest BCUT2D eigenvalue weighted by molar-refractivity contribution is 0.270. The molecule has 0 saturated heterocycles. The average Bonchev–Trinajstić information content (AvgIpc) is 2.71. The fourth-order valence-electron chi connectivity index (χ4n) is 2.34. The van der Waals surface area contributed by atoms with Crippen molar-refractivity contribution < 1.29 is 13.5 Å². The summed E-state index contributed by atoms with van der Waals surface area (Å²) >= 11 is 0. The van der Waals surface area contributed by atoms with Gasteiger partial charge in [-0.3, -0.25) is 0 Å². The molecule has 0 saturated carbocycles. The largest absolute Gasteiger partial charge is 0.390 e. The molecule has 6 heteroatoms. The molecule has 0 bridgehead atoms. The number of aryl methyl sites for hydroxylation is 1.